The van der Waals surface area contributed by atoms with Gasteiger partial charge in [-0.25, -0.2) is 13.8 Å². The van der Waals surface area contributed by atoms with Gasteiger partial charge in [-0.1, -0.05) is 36.4 Å². The first kappa shape index (κ1) is 25.8. The molecule has 12 heteroatoms. The molecule has 0 atom stereocenters. The molecule has 182 valence electrons. The lowest BCUT2D eigenvalue weighted by Gasteiger charge is -2.23. The molecule has 0 saturated carbocycles. The van der Waals surface area contributed by atoms with E-state index in [0.717, 1.165) is 26.6 Å². The number of hydrogen-bond acceptors (Lipinski definition) is 7. The average molecular weight is 560 g/mol. The molecule has 0 spiro atoms. The summed E-state index contributed by atoms with van der Waals surface area (Å²) < 4.78 is 28.5. The number of nitro groups is 1. The van der Waals surface area contributed by atoms with E-state index in [-0.39, 0.29) is 5.69 Å². The Labute approximate surface area is 211 Å². The SMILES string of the molecule is CN(C)c1ccc(/C=N/NC(=O)CN(c2ccccc2)S(=O)(=O)c2ccccc2[N+](=O)[O-])cc1Br. The number of hydrazone groups is 1. The number of nitrogens with zero attached hydrogens (tertiary/aromatic N) is 4. The number of nitrogens with one attached hydrogen (secondary N) is 1. The van der Waals surface area contributed by atoms with Crippen LogP contribution in [0.15, 0.2) is 87.3 Å². The van der Waals surface area contributed by atoms with Crippen molar-refractivity contribution in [3.05, 3.63) is 92.9 Å². The van der Waals surface area contributed by atoms with E-state index >= 15 is 0 Å². The second kappa shape index (κ2) is 11.1. The molecule has 0 fully saturated rings. The number of rotatable bonds is 9. The minimum Gasteiger partial charge on any atom is -0.377 e. The lowest BCUT2D eigenvalue weighted by Crippen LogP contribution is -2.39. The van der Waals surface area contributed by atoms with Gasteiger partial charge in [0.15, 0.2) is 4.90 Å². The molecule has 3 aromatic carbocycles. The van der Waals surface area contributed by atoms with Crippen LogP contribution < -0.4 is 14.6 Å². The fraction of sp³-hybridized carbons (Fsp3) is 0.130. The van der Waals surface area contributed by atoms with E-state index in [1.807, 2.05) is 37.2 Å². The summed E-state index contributed by atoms with van der Waals surface area (Å²) in [4.78, 5) is 24.7. The van der Waals surface area contributed by atoms with Crippen LogP contribution in [0.25, 0.3) is 0 Å². The number of carbonyl (C=O) groups is 1. The summed E-state index contributed by atoms with van der Waals surface area (Å²) in [6.07, 6.45) is 1.42. The number of nitro benzene ring substituents is 1. The van der Waals surface area contributed by atoms with Gasteiger partial charge >= 0.3 is 0 Å². The van der Waals surface area contributed by atoms with Crippen LogP contribution in [0.3, 0.4) is 0 Å². The highest BCUT2D eigenvalue weighted by Crippen LogP contribution is 2.29. The first-order valence-corrected chi connectivity index (χ1v) is 12.4. The molecule has 0 aromatic heterocycles. The van der Waals surface area contributed by atoms with Crippen molar-refractivity contribution in [2.24, 2.45) is 5.10 Å². The van der Waals surface area contributed by atoms with E-state index in [2.05, 4.69) is 26.5 Å². The summed E-state index contributed by atoms with van der Waals surface area (Å²) in [7, 11) is -0.638. The first-order valence-electron chi connectivity index (χ1n) is 10.2. The third-order valence-corrected chi connectivity index (χ3v) is 7.27. The summed E-state index contributed by atoms with van der Waals surface area (Å²) in [6.45, 7) is -0.640. The number of sulfonamides is 1. The molecule has 10 nitrogen and oxygen atoms in total. The summed E-state index contributed by atoms with van der Waals surface area (Å²) in [5.74, 6) is -0.726. The third kappa shape index (κ3) is 6.22. The minimum absolute atomic E-state index is 0.174. The van der Waals surface area contributed by atoms with Gasteiger partial charge in [0.2, 0.25) is 0 Å². The minimum atomic E-state index is -4.45. The Kier molecular flexibility index (Phi) is 8.20. The second-order valence-electron chi connectivity index (χ2n) is 7.47. The highest BCUT2D eigenvalue weighted by molar-refractivity contribution is 9.10. The van der Waals surface area contributed by atoms with Crippen molar-refractivity contribution in [3.63, 3.8) is 0 Å². The fourth-order valence-electron chi connectivity index (χ4n) is 3.16. The van der Waals surface area contributed by atoms with Crippen molar-refractivity contribution in [1.29, 1.82) is 0 Å². The van der Waals surface area contributed by atoms with E-state index in [4.69, 9.17) is 0 Å². The quantitative estimate of drug-likeness (QED) is 0.241. The maximum absolute atomic E-state index is 13.4. The zero-order valence-corrected chi connectivity index (χ0v) is 21.2. The van der Waals surface area contributed by atoms with E-state index in [0.29, 0.717) is 5.56 Å². The van der Waals surface area contributed by atoms with Crippen LogP contribution in [0, 0.1) is 10.1 Å². The van der Waals surface area contributed by atoms with Crippen LogP contribution in [0.5, 0.6) is 0 Å². The van der Waals surface area contributed by atoms with Crippen molar-refractivity contribution in [2.75, 3.05) is 29.8 Å². The molecule has 3 rings (SSSR count). The fourth-order valence-corrected chi connectivity index (χ4v) is 5.50. The smallest absolute Gasteiger partial charge is 0.289 e. The Balaban J connectivity index is 1.85. The van der Waals surface area contributed by atoms with Crippen molar-refractivity contribution in [3.8, 4) is 0 Å². The molecular weight excluding hydrogens is 538 g/mol. The Bertz CT molecular complexity index is 1360. The number of amides is 1. The number of halogens is 1. The Hall–Kier alpha value is -3.77. The highest BCUT2D eigenvalue weighted by atomic mass is 79.9. The highest BCUT2D eigenvalue weighted by Gasteiger charge is 2.33. The van der Waals surface area contributed by atoms with Gasteiger partial charge in [-0.05, 0) is 51.8 Å². The van der Waals surface area contributed by atoms with Crippen LogP contribution in [-0.4, -0.2) is 46.1 Å². The molecule has 0 aliphatic heterocycles. The zero-order chi connectivity index (χ0) is 25.6. The summed E-state index contributed by atoms with van der Waals surface area (Å²) >= 11 is 3.48. The van der Waals surface area contributed by atoms with E-state index < -0.39 is 38.0 Å². The largest absolute Gasteiger partial charge is 0.377 e. The second-order valence-corrected chi connectivity index (χ2v) is 10.2. The summed E-state index contributed by atoms with van der Waals surface area (Å²) in [5, 5.41) is 15.3. The van der Waals surface area contributed by atoms with E-state index in [1.54, 1.807) is 18.2 Å². The topological polar surface area (TPSA) is 125 Å². The van der Waals surface area contributed by atoms with E-state index in [1.165, 1.54) is 30.5 Å². The standard InChI is InChI=1S/C23H22BrN5O5S/c1-27(2)20-13-12-17(14-19(20)24)15-25-26-23(30)16-28(18-8-4-3-5-9-18)35(33,34)22-11-7-6-10-21(22)29(31)32/h3-15H,16H2,1-2H3,(H,26,30)/b25-15+. The molecule has 0 saturated heterocycles. The van der Waals surface area contributed by atoms with Crippen molar-refractivity contribution < 1.29 is 18.1 Å². The molecular formula is C23H22BrN5O5S. The van der Waals surface area contributed by atoms with Crippen molar-refractivity contribution in [1.82, 2.24) is 5.43 Å². The van der Waals surface area contributed by atoms with Gasteiger partial charge < -0.3 is 4.90 Å². The number of benzene rings is 3. The maximum atomic E-state index is 13.4. The summed E-state index contributed by atoms with van der Waals surface area (Å²) in [5.41, 5.74) is 3.57. The molecule has 35 heavy (non-hydrogen) atoms. The van der Waals surface area contributed by atoms with Crippen LogP contribution in [0.4, 0.5) is 17.1 Å². The first-order chi connectivity index (χ1) is 16.6. The Morgan fingerprint density at radius 1 is 1.09 bits per heavy atom. The molecule has 0 aliphatic rings. The summed E-state index contributed by atoms with van der Waals surface area (Å²) in [6, 6.07) is 18.4. The number of hydrogen-bond donors (Lipinski definition) is 1. The van der Waals surface area contributed by atoms with Gasteiger partial charge in [0.05, 0.1) is 22.5 Å². The van der Waals surface area contributed by atoms with Gasteiger partial charge in [-0.15, -0.1) is 0 Å². The monoisotopic (exact) mass is 559 g/mol. The number of carbonyl (C=O) groups excluding carboxylic acids is 1. The van der Waals surface area contributed by atoms with Gasteiger partial charge in [-0.2, -0.15) is 5.10 Å². The molecule has 3 aromatic rings. The number of para-hydroxylation sites is 2. The molecule has 0 aliphatic carbocycles. The zero-order valence-electron chi connectivity index (χ0n) is 18.8. The van der Waals surface area contributed by atoms with Gasteiger partial charge in [0.1, 0.15) is 6.54 Å². The molecule has 0 unspecified atom stereocenters. The molecule has 0 radical (unpaired) electrons. The van der Waals surface area contributed by atoms with Gasteiger partial charge in [0.25, 0.3) is 21.6 Å². The van der Waals surface area contributed by atoms with Crippen molar-refractivity contribution in [2.45, 2.75) is 4.90 Å². The van der Waals surface area contributed by atoms with Crippen molar-refractivity contribution >= 4 is 55.1 Å². The maximum Gasteiger partial charge on any atom is 0.289 e. The molecule has 0 bridgehead atoms. The van der Waals surface area contributed by atoms with Crippen LogP contribution in [-0.2, 0) is 14.8 Å². The normalized spacial score (nSPS) is 11.3. The lowest BCUT2D eigenvalue weighted by molar-refractivity contribution is -0.387. The average Bonchev–Trinajstić information content (AvgIpc) is 2.82. The predicted molar refractivity (Wildman–Crippen MR) is 138 cm³/mol. The molecule has 0 heterocycles. The van der Waals surface area contributed by atoms with Crippen LogP contribution >= 0.6 is 15.9 Å². The van der Waals surface area contributed by atoms with Gasteiger partial charge in [-0.3, -0.25) is 19.2 Å². The Morgan fingerprint density at radius 2 is 1.74 bits per heavy atom. The predicted octanol–water partition coefficient (Wildman–Crippen LogP) is 3.77. The number of anilines is 2. The van der Waals surface area contributed by atoms with Crippen LogP contribution in [0.2, 0.25) is 0 Å². The van der Waals surface area contributed by atoms with Crippen LogP contribution in [0.1, 0.15) is 5.56 Å². The third-order valence-electron chi connectivity index (χ3n) is 4.82. The Morgan fingerprint density at radius 3 is 2.37 bits per heavy atom. The molecule has 1 amide bonds. The van der Waals surface area contributed by atoms with Gasteiger partial charge in [0, 0.05) is 24.6 Å². The van der Waals surface area contributed by atoms with E-state index in [9.17, 15) is 23.3 Å². The lowest BCUT2D eigenvalue weighted by atomic mass is 10.2. The molecule has 1 N–H and O–H groups in total.